The van der Waals surface area contributed by atoms with Gasteiger partial charge in [0.15, 0.2) is 0 Å². The number of rotatable bonds is 4. The van der Waals surface area contributed by atoms with Crippen molar-refractivity contribution < 1.29 is 9.53 Å². The summed E-state index contributed by atoms with van der Waals surface area (Å²) in [6.07, 6.45) is 7.56. The van der Waals surface area contributed by atoms with Gasteiger partial charge in [0.25, 0.3) is 0 Å². The molecule has 1 aromatic carbocycles. The zero-order valence-corrected chi connectivity index (χ0v) is 17.2. The summed E-state index contributed by atoms with van der Waals surface area (Å²) >= 11 is 0. The molecule has 1 N–H and O–H groups in total. The number of aromatic amines is 1. The SMILES string of the molecule is CC(=O)N1CCc2nc(-c3ccc(O[C@H]4C[C@@H](N5CCCCC5)C4)cc3)[nH]c2C1. The van der Waals surface area contributed by atoms with Gasteiger partial charge < -0.3 is 19.5 Å². The van der Waals surface area contributed by atoms with Crippen LogP contribution in [0.3, 0.4) is 0 Å². The fraction of sp³-hybridized carbons (Fsp3) is 0.565. The first kappa shape index (κ1) is 18.7. The maximum atomic E-state index is 11.6. The molecule has 3 aliphatic rings. The highest BCUT2D eigenvalue weighted by Crippen LogP contribution is 2.32. The molecule has 1 aromatic heterocycles. The lowest BCUT2D eigenvalue weighted by molar-refractivity contribution is -0.129. The molecule has 6 nitrogen and oxygen atoms in total. The van der Waals surface area contributed by atoms with E-state index in [0.717, 1.165) is 60.4 Å². The first-order chi connectivity index (χ1) is 14.2. The number of likely N-dealkylation sites (tertiary alicyclic amines) is 1. The molecular formula is C23H30N4O2. The summed E-state index contributed by atoms with van der Waals surface area (Å²) < 4.78 is 6.18. The summed E-state index contributed by atoms with van der Waals surface area (Å²) in [6.45, 7) is 5.53. The zero-order valence-electron chi connectivity index (χ0n) is 17.2. The Morgan fingerprint density at radius 1 is 1.10 bits per heavy atom. The number of nitrogens with one attached hydrogen (secondary N) is 1. The van der Waals surface area contributed by atoms with Gasteiger partial charge in [-0.25, -0.2) is 4.98 Å². The van der Waals surface area contributed by atoms with Gasteiger partial charge in [-0.1, -0.05) is 6.42 Å². The molecule has 1 saturated carbocycles. The van der Waals surface area contributed by atoms with Crippen molar-refractivity contribution in [2.75, 3.05) is 19.6 Å². The highest BCUT2D eigenvalue weighted by molar-refractivity contribution is 5.73. The van der Waals surface area contributed by atoms with Crippen LogP contribution in [0.1, 0.15) is 50.4 Å². The molecule has 154 valence electrons. The van der Waals surface area contributed by atoms with Crippen molar-refractivity contribution in [1.29, 1.82) is 0 Å². The standard InChI is InChI=1S/C23H30N4O2/c1-16(28)27-12-9-21-22(15-27)25-23(24-21)17-5-7-19(8-6-17)29-20-13-18(14-20)26-10-3-2-4-11-26/h5-8,18,20H,2-4,9-15H2,1H3,(H,24,25)/t18-,20+. The molecule has 1 amide bonds. The van der Waals surface area contributed by atoms with Crippen LogP contribution in [0.15, 0.2) is 24.3 Å². The Morgan fingerprint density at radius 2 is 1.86 bits per heavy atom. The summed E-state index contributed by atoms with van der Waals surface area (Å²) in [5, 5.41) is 0. The molecule has 5 rings (SSSR count). The van der Waals surface area contributed by atoms with E-state index in [1.807, 2.05) is 17.0 Å². The lowest BCUT2D eigenvalue weighted by Crippen LogP contribution is -2.50. The van der Waals surface area contributed by atoms with E-state index in [-0.39, 0.29) is 5.91 Å². The Morgan fingerprint density at radius 3 is 2.59 bits per heavy atom. The van der Waals surface area contributed by atoms with Gasteiger partial charge >= 0.3 is 0 Å². The maximum absolute atomic E-state index is 11.6. The van der Waals surface area contributed by atoms with Crippen molar-refractivity contribution in [3.05, 3.63) is 35.7 Å². The van der Waals surface area contributed by atoms with E-state index in [0.29, 0.717) is 12.6 Å². The monoisotopic (exact) mass is 394 g/mol. The number of benzene rings is 1. The molecule has 29 heavy (non-hydrogen) atoms. The fourth-order valence-corrected chi connectivity index (χ4v) is 4.80. The van der Waals surface area contributed by atoms with Gasteiger partial charge in [-0.3, -0.25) is 4.79 Å². The predicted octanol–water partition coefficient (Wildman–Crippen LogP) is 3.38. The third kappa shape index (κ3) is 3.90. The van der Waals surface area contributed by atoms with Crippen LogP contribution >= 0.6 is 0 Å². The van der Waals surface area contributed by atoms with Crippen LogP contribution in [0.5, 0.6) is 5.75 Å². The van der Waals surface area contributed by atoms with Gasteiger partial charge in [-0.2, -0.15) is 0 Å². The number of imidazole rings is 1. The van der Waals surface area contributed by atoms with Crippen LogP contribution in [-0.2, 0) is 17.8 Å². The first-order valence-corrected chi connectivity index (χ1v) is 11.0. The summed E-state index contributed by atoms with van der Waals surface area (Å²) in [7, 11) is 0. The highest BCUT2D eigenvalue weighted by atomic mass is 16.5. The van der Waals surface area contributed by atoms with E-state index in [1.54, 1.807) is 6.92 Å². The van der Waals surface area contributed by atoms with Gasteiger partial charge in [0, 0.05) is 44.3 Å². The Bertz CT molecular complexity index is 864. The molecule has 0 spiro atoms. The highest BCUT2D eigenvalue weighted by Gasteiger charge is 2.35. The molecule has 2 aliphatic heterocycles. The van der Waals surface area contributed by atoms with E-state index >= 15 is 0 Å². The number of piperidine rings is 1. The molecule has 0 radical (unpaired) electrons. The van der Waals surface area contributed by atoms with Crippen molar-refractivity contribution in [1.82, 2.24) is 19.8 Å². The average Bonchev–Trinajstić information content (AvgIpc) is 3.15. The number of amides is 1. The summed E-state index contributed by atoms with van der Waals surface area (Å²) in [5.41, 5.74) is 3.19. The molecule has 3 heterocycles. The zero-order chi connectivity index (χ0) is 19.8. The lowest BCUT2D eigenvalue weighted by atomic mass is 9.86. The molecule has 2 aromatic rings. The van der Waals surface area contributed by atoms with Gasteiger partial charge in [0.05, 0.1) is 17.9 Å². The number of hydrogen-bond acceptors (Lipinski definition) is 4. The lowest BCUT2D eigenvalue weighted by Gasteiger charge is -2.44. The van der Waals surface area contributed by atoms with E-state index in [9.17, 15) is 4.79 Å². The van der Waals surface area contributed by atoms with Crippen molar-refractivity contribution in [2.45, 2.75) is 64.1 Å². The van der Waals surface area contributed by atoms with Crippen LogP contribution in [0.25, 0.3) is 11.4 Å². The predicted molar refractivity (Wildman–Crippen MR) is 112 cm³/mol. The number of ether oxygens (including phenoxy) is 1. The van der Waals surface area contributed by atoms with E-state index in [1.165, 1.54) is 32.4 Å². The number of fused-ring (bicyclic) bond motifs is 1. The van der Waals surface area contributed by atoms with E-state index < -0.39 is 0 Å². The Kier molecular flexibility index (Phi) is 5.04. The number of carbonyl (C=O) groups excluding carboxylic acids is 1. The topological polar surface area (TPSA) is 61.5 Å². The normalized spacial score (nSPS) is 24.7. The Labute approximate surface area is 172 Å². The molecule has 6 heteroatoms. The number of aromatic nitrogens is 2. The molecule has 1 saturated heterocycles. The molecule has 0 atom stereocenters. The van der Waals surface area contributed by atoms with Crippen LogP contribution in [-0.4, -0.2) is 57.5 Å². The van der Waals surface area contributed by atoms with Gasteiger partial charge in [0.2, 0.25) is 5.91 Å². The van der Waals surface area contributed by atoms with Crippen LogP contribution < -0.4 is 4.74 Å². The fourth-order valence-electron chi connectivity index (χ4n) is 4.80. The minimum Gasteiger partial charge on any atom is -0.490 e. The summed E-state index contributed by atoms with van der Waals surface area (Å²) in [4.78, 5) is 24.3. The minimum absolute atomic E-state index is 0.117. The number of H-pyrrole nitrogens is 1. The van der Waals surface area contributed by atoms with Gasteiger partial charge in [0.1, 0.15) is 17.7 Å². The van der Waals surface area contributed by atoms with Crippen molar-refractivity contribution >= 4 is 5.91 Å². The second-order valence-electron chi connectivity index (χ2n) is 8.69. The number of nitrogens with zero attached hydrogens (tertiary/aromatic N) is 3. The number of hydrogen-bond donors (Lipinski definition) is 1. The smallest absolute Gasteiger partial charge is 0.219 e. The first-order valence-electron chi connectivity index (χ1n) is 11.0. The van der Waals surface area contributed by atoms with Crippen LogP contribution in [0, 0.1) is 0 Å². The second kappa shape index (κ2) is 7.82. The molecular weight excluding hydrogens is 364 g/mol. The van der Waals surface area contributed by atoms with Crippen molar-refractivity contribution in [2.24, 2.45) is 0 Å². The maximum Gasteiger partial charge on any atom is 0.219 e. The third-order valence-corrected chi connectivity index (χ3v) is 6.68. The molecule has 2 fully saturated rings. The largest absolute Gasteiger partial charge is 0.490 e. The summed E-state index contributed by atoms with van der Waals surface area (Å²) in [6, 6.07) is 8.97. The number of carbonyl (C=O) groups is 1. The second-order valence-corrected chi connectivity index (χ2v) is 8.69. The molecule has 0 bridgehead atoms. The van der Waals surface area contributed by atoms with E-state index in [4.69, 9.17) is 9.72 Å². The van der Waals surface area contributed by atoms with Gasteiger partial charge in [-0.15, -0.1) is 0 Å². The summed E-state index contributed by atoms with van der Waals surface area (Å²) in [5.74, 6) is 1.93. The Balaban J connectivity index is 1.18. The average molecular weight is 395 g/mol. The third-order valence-electron chi connectivity index (χ3n) is 6.68. The van der Waals surface area contributed by atoms with Crippen LogP contribution in [0.2, 0.25) is 0 Å². The van der Waals surface area contributed by atoms with Crippen molar-refractivity contribution in [3.63, 3.8) is 0 Å². The van der Waals surface area contributed by atoms with Crippen LogP contribution in [0.4, 0.5) is 0 Å². The Hall–Kier alpha value is -2.34. The minimum atomic E-state index is 0.117. The van der Waals surface area contributed by atoms with Crippen molar-refractivity contribution in [3.8, 4) is 17.1 Å². The van der Waals surface area contributed by atoms with Gasteiger partial charge in [-0.05, 0) is 50.2 Å². The van der Waals surface area contributed by atoms with E-state index in [2.05, 4.69) is 22.0 Å². The quantitative estimate of drug-likeness (QED) is 0.864. The molecule has 0 unspecified atom stereocenters. The molecule has 1 aliphatic carbocycles.